The Labute approximate surface area is 187 Å². The van der Waals surface area contributed by atoms with E-state index < -0.39 is 0 Å². The summed E-state index contributed by atoms with van der Waals surface area (Å²) in [5.41, 5.74) is 1.02. The molecule has 2 fully saturated rings. The number of hydrogen-bond donors (Lipinski definition) is 1. The largest absolute Gasteiger partial charge is 0.352 e. The van der Waals surface area contributed by atoms with Gasteiger partial charge in [0, 0.05) is 17.0 Å². The second kappa shape index (κ2) is 8.30. The molecule has 5 nitrogen and oxygen atoms in total. The number of amides is 1. The zero-order valence-electron chi connectivity index (χ0n) is 18.8. The number of nitrogens with zero attached hydrogens (tertiary/aromatic N) is 2. The van der Waals surface area contributed by atoms with E-state index in [0.717, 1.165) is 32.5 Å². The summed E-state index contributed by atoms with van der Waals surface area (Å²) in [4.78, 5) is 32.9. The quantitative estimate of drug-likeness (QED) is 0.496. The van der Waals surface area contributed by atoms with Crippen LogP contribution in [0.2, 0.25) is 0 Å². The van der Waals surface area contributed by atoms with Crippen molar-refractivity contribution in [3.05, 3.63) is 20.8 Å². The third kappa shape index (κ3) is 3.83. The van der Waals surface area contributed by atoms with Crippen molar-refractivity contribution in [2.45, 2.75) is 89.7 Å². The van der Waals surface area contributed by atoms with Crippen LogP contribution in [0.25, 0.3) is 10.2 Å². The van der Waals surface area contributed by atoms with E-state index >= 15 is 0 Å². The molecule has 5 unspecified atom stereocenters. The van der Waals surface area contributed by atoms with Crippen molar-refractivity contribution in [3.63, 3.8) is 0 Å². The normalized spacial score (nSPS) is 25.2. The number of carbonyl (C=O) groups excluding carboxylic acids is 1. The van der Waals surface area contributed by atoms with E-state index in [1.807, 2.05) is 34.6 Å². The molecule has 5 atom stereocenters. The smallest absolute Gasteiger partial charge is 0.263 e. The molecule has 0 aliphatic heterocycles. The molecule has 0 aromatic carbocycles. The number of thioether (sulfide) groups is 1. The van der Waals surface area contributed by atoms with E-state index in [0.29, 0.717) is 11.1 Å². The fourth-order valence-electron chi connectivity index (χ4n) is 5.39. The molecule has 2 aliphatic carbocycles. The molecule has 2 aromatic heterocycles. The van der Waals surface area contributed by atoms with Gasteiger partial charge in [-0.1, -0.05) is 18.2 Å². The number of aromatic nitrogens is 2. The van der Waals surface area contributed by atoms with Gasteiger partial charge in [0.2, 0.25) is 5.91 Å². The van der Waals surface area contributed by atoms with Crippen LogP contribution in [0.4, 0.5) is 0 Å². The Hall–Kier alpha value is -1.34. The summed E-state index contributed by atoms with van der Waals surface area (Å²) in [6, 6.07) is 0.195. The molecule has 7 heteroatoms. The third-order valence-electron chi connectivity index (χ3n) is 7.18. The molecule has 2 heterocycles. The van der Waals surface area contributed by atoms with Gasteiger partial charge >= 0.3 is 0 Å². The minimum atomic E-state index is -0.303. The number of aryl methyl sites for hydroxylation is 2. The molecule has 2 bridgehead atoms. The molecule has 2 saturated carbocycles. The van der Waals surface area contributed by atoms with Crippen molar-refractivity contribution in [3.8, 4) is 0 Å². The van der Waals surface area contributed by atoms with Crippen molar-refractivity contribution >= 4 is 39.2 Å². The highest BCUT2D eigenvalue weighted by atomic mass is 32.2. The third-order valence-corrected chi connectivity index (χ3v) is 9.34. The number of nitrogens with one attached hydrogen (secondary N) is 1. The van der Waals surface area contributed by atoms with E-state index in [2.05, 4.69) is 12.2 Å². The molecular weight excluding hydrogens is 414 g/mol. The molecule has 1 N–H and O–H groups in total. The molecule has 0 saturated heterocycles. The van der Waals surface area contributed by atoms with Crippen LogP contribution >= 0.6 is 23.1 Å². The van der Waals surface area contributed by atoms with Gasteiger partial charge in [-0.25, -0.2) is 4.98 Å². The predicted molar refractivity (Wildman–Crippen MR) is 126 cm³/mol. The lowest BCUT2D eigenvalue weighted by Crippen LogP contribution is -2.43. The first-order valence-corrected chi connectivity index (χ1v) is 12.9. The standard InChI is InChI=1S/C23H33N3O2S2/c1-11(2)26-22(28)19-12(3)14(5)29-21(19)25-23(26)30-15(6)20(27)24-13(4)18-10-16-7-8-17(18)9-16/h11,13,15-18H,7-10H2,1-6H3,(H,24,27). The Bertz CT molecular complexity index is 1030. The molecule has 2 aromatic rings. The average molecular weight is 448 g/mol. The van der Waals surface area contributed by atoms with Gasteiger partial charge < -0.3 is 5.32 Å². The molecule has 0 radical (unpaired) electrons. The monoisotopic (exact) mass is 447 g/mol. The average Bonchev–Trinajstić information content (AvgIpc) is 3.36. The van der Waals surface area contributed by atoms with Gasteiger partial charge in [-0.2, -0.15) is 0 Å². The first-order valence-electron chi connectivity index (χ1n) is 11.2. The summed E-state index contributed by atoms with van der Waals surface area (Å²) in [5.74, 6) is 2.32. The van der Waals surface area contributed by atoms with Crippen LogP contribution in [0.1, 0.15) is 69.9 Å². The molecule has 1 amide bonds. The summed E-state index contributed by atoms with van der Waals surface area (Å²) in [7, 11) is 0. The van der Waals surface area contributed by atoms with Gasteiger partial charge in [-0.3, -0.25) is 14.2 Å². The molecular formula is C23H33N3O2S2. The number of fused-ring (bicyclic) bond motifs is 3. The number of carbonyl (C=O) groups is 1. The van der Waals surface area contributed by atoms with Crippen LogP contribution in [-0.4, -0.2) is 26.8 Å². The summed E-state index contributed by atoms with van der Waals surface area (Å²) in [5, 5.41) is 4.32. The van der Waals surface area contributed by atoms with E-state index in [1.165, 1.54) is 37.4 Å². The van der Waals surface area contributed by atoms with E-state index in [-0.39, 0.29) is 28.8 Å². The minimum Gasteiger partial charge on any atom is -0.352 e. The highest BCUT2D eigenvalue weighted by Gasteiger charge is 2.42. The van der Waals surface area contributed by atoms with Crippen LogP contribution in [0, 0.1) is 31.6 Å². The Morgan fingerprint density at radius 1 is 1.20 bits per heavy atom. The predicted octanol–water partition coefficient (Wildman–Crippen LogP) is 5.08. The van der Waals surface area contributed by atoms with Crippen LogP contribution in [0.5, 0.6) is 0 Å². The van der Waals surface area contributed by atoms with Crippen LogP contribution in [0.15, 0.2) is 9.95 Å². The van der Waals surface area contributed by atoms with E-state index in [9.17, 15) is 9.59 Å². The van der Waals surface area contributed by atoms with Gasteiger partial charge in [0.15, 0.2) is 5.16 Å². The van der Waals surface area contributed by atoms with Crippen molar-refractivity contribution in [1.29, 1.82) is 0 Å². The lowest BCUT2D eigenvalue weighted by Gasteiger charge is -2.29. The fraction of sp³-hybridized carbons (Fsp3) is 0.696. The lowest BCUT2D eigenvalue weighted by molar-refractivity contribution is -0.121. The van der Waals surface area contributed by atoms with Crippen LogP contribution < -0.4 is 10.9 Å². The molecule has 164 valence electrons. The number of rotatable bonds is 6. The molecule has 4 rings (SSSR count). The Morgan fingerprint density at radius 3 is 2.53 bits per heavy atom. The first-order chi connectivity index (χ1) is 14.2. The Morgan fingerprint density at radius 2 is 1.93 bits per heavy atom. The topological polar surface area (TPSA) is 64.0 Å². The fourth-order valence-corrected chi connectivity index (χ4v) is 7.51. The summed E-state index contributed by atoms with van der Waals surface area (Å²) in [6.45, 7) is 12.1. The molecule has 0 spiro atoms. The maximum absolute atomic E-state index is 13.2. The maximum atomic E-state index is 13.2. The van der Waals surface area contributed by atoms with Crippen LogP contribution in [-0.2, 0) is 4.79 Å². The molecule has 2 aliphatic rings. The second-order valence-corrected chi connectivity index (χ2v) is 12.0. The zero-order valence-corrected chi connectivity index (χ0v) is 20.5. The zero-order chi connectivity index (χ0) is 21.7. The van der Waals surface area contributed by atoms with Crippen molar-refractivity contribution < 1.29 is 4.79 Å². The van der Waals surface area contributed by atoms with Crippen LogP contribution in [0.3, 0.4) is 0 Å². The van der Waals surface area contributed by atoms with Crippen molar-refractivity contribution in [2.24, 2.45) is 17.8 Å². The van der Waals surface area contributed by atoms with Gasteiger partial charge in [-0.15, -0.1) is 11.3 Å². The summed E-state index contributed by atoms with van der Waals surface area (Å²) < 4.78 is 1.75. The highest BCUT2D eigenvalue weighted by Crippen LogP contribution is 2.49. The first kappa shape index (κ1) is 21.9. The Kier molecular flexibility index (Phi) is 6.05. The lowest BCUT2D eigenvalue weighted by atomic mass is 9.84. The summed E-state index contributed by atoms with van der Waals surface area (Å²) in [6.07, 6.45) is 5.30. The SMILES string of the molecule is Cc1sc2nc(SC(C)C(=O)NC(C)C3CC4CCC3C4)n(C(C)C)c(=O)c2c1C. The van der Waals surface area contributed by atoms with E-state index in [4.69, 9.17) is 4.98 Å². The highest BCUT2D eigenvalue weighted by molar-refractivity contribution is 8.00. The second-order valence-electron chi connectivity index (χ2n) is 9.52. The van der Waals surface area contributed by atoms with Gasteiger partial charge in [0.05, 0.1) is 10.6 Å². The van der Waals surface area contributed by atoms with Gasteiger partial charge in [0.25, 0.3) is 5.56 Å². The molecule has 30 heavy (non-hydrogen) atoms. The Balaban J connectivity index is 1.53. The van der Waals surface area contributed by atoms with Gasteiger partial charge in [0.1, 0.15) is 4.83 Å². The maximum Gasteiger partial charge on any atom is 0.263 e. The number of hydrogen-bond acceptors (Lipinski definition) is 5. The van der Waals surface area contributed by atoms with E-state index in [1.54, 1.807) is 15.9 Å². The van der Waals surface area contributed by atoms with Crippen molar-refractivity contribution in [2.75, 3.05) is 0 Å². The minimum absolute atomic E-state index is 0.00214. The summed E-state index contributed by atoms with van der Waals surface area (Å²) >= 11 is 2.96. The van der Waals surface area contributed by atoms with Gasteiger partial charge in [-0.05, 0) is 84.1 Å². The number of thiophene rings is 1. The van der Waals surface area contributed by atoms with Crippen molar-refractivity contribution in [1.82, 2.24) is 14.9 Å².